The van der Waals surface area contributed by atoms with Crippen LogP contribution in [0.25, 0.3) is 0 Å². The largest absolute Gasteiger partial charge is 0.461 e. The van der Waals surface area contributed by atoms with Crippen LogP contribution in [-0.2, 0) is 23.8 Å². The highest BCUT2D eigenvalue weighted by atomic mass is 16.6. The molecule has 0 amide bonds. The fraction of sp³-hybridized carbons (Fsp3) is 0.724. The summed E-state index contributed by atoms with van der Waals surface area (Å²) < 4.78 is 16.9. The Kier molecular flexibility index (Phi) is 14.4. The first kappa shape index (κ1) is 28.2. The number of ether oxygens (including phenoxy) is 3. The second-order valence-corrected chi connectivity index (χ2v) is 9.56. The Bertz CT molecular complexity index is 714. The highest BCUT2D eigenvalue weighted by Crippen LogP contribution is 2.28. The smallest absolute Gasteiger partial charge is 0.306 e. The van der Waals surface area contributed by atoms with Crippen molar-refractivity contribution in [1.82, 2.24) is 0 Å². The molecule has 1 fully saturated rings. The van der Waals surface area contributed by atoms with Crippen LogP contribution in [0.1, 0.15) is 103 Å². The lowest BCUT2D eigenvalue weighted by molar-refractivity contribution is -0.169. The average Bonchev–Trinajstić information content (AvgIpc) is 3.18. The van der Waals surface area contributed by atoms with Crippen LogP contribution < -0.4 is 0 Å². The lowest BCUT2D eigenvalue weighted by Gasteiger charge is -2.27. The Morgan fingerprint density at radius 2 is 1.74 bits per heavy atom. The van der Waals surface area contributed by atoms with Gasteiger partial charge in [0.25, 0.3) is 0 Å². The molecule has 190 valence electrons. The van der Waals surface area contributed by atoms with Crippen molar-refractivity contribution in [2.45, 2.75) is 109 Å². The monoisotopic (exact) mass is 472 g/mol. The maximum atomic E-state index is 12.2. The summed E-state index contributed by atoms with van der Waals surface area (Å²) >= 11 is 0. The summed E-state index contributed by atoms with van der Waals surface area (Å²) in [6.45, 7) is 2.94. The van der Waals surface area contributed by atoms with Gasteiger partial charge in [0.15, 0.2) is 5.60 Å². The van der Waals surface area contributed by atoms with E-state index in [9.17, 15) is 9.59 Å². The second-order valence-electron chi connectivity index (χ2n) is 9.56. The number of carbonyl (C=O) groups excluding carboxylic acids is 2. The molecule has 0 aromatic rings. The molecule has 0 bridgehead atoms. The molecule has 1 heterocycles. The van der Waals surface area contributed by atoms with E-state index in [0.717, 1.165) is 19.3 Å². The minimum absolute atomic E-state index is 0.00251. The van der Waals surface area contributed by atoms with Gasteiger partial charge in [0.05, 0.1) is 19.1 Å². The van der Waals surface area contributed by atoms with E-state index in [2.05, 4.69) is 18.8 Å². The molecule has 0 radical (unpaired) electrons. The van der Waals surface area contributed by atoms with Crippen LogP contribution in [0.4, 0.5) is 0 Å². The molecule has 5 nitrogen and oxygen atoms in total. The lowest BCUT2D eigenvalue weighted by Crippen LogP contribution is -2.40. The zero-order chi connectivity index (χ0) is 24.3. The minimum atomic E-state index is -0.872. The van der Waals surface area contributed by atoms with Gasteiger partial charge in [-0.1, -0.05) is 107 Å². The summed E-state index contributed by atoms with van der Waals surface area (Å²) in [6, 6.07) is 0. The molecule has 0 aromatic carbocycles. The van der Waals surface area contributed by atoms with Crippen molar-refractivity contribution in [1.29, 1.82) is 0 Å². The number of hydrogen-bond acceptors (Lipinski definition) is 5. The second kappa shape index (κ2) is 17.4. The minimum Gasteiger partial charge on any atom is -0.461 e. The summed E-state index contributed by atoms with van der Waals surface area (Å²) in [4.78, 5) is 24.0. The molecule has 0 spiro atoms. The van der Waals surface area contributed by atoms with Crippen LogP contribution in [-0.4, -0.2) is 37.4 Å². The summed E-state index contributed by atoms with van der Waals surface area (Å²) in [5, 5.41) is 0. The van der Waals surface area contributed by atoms with Gasteiger partial charge in [0, 0.05) is 25.7 Å². The molecule has 1 aliphatic carbocycles. The van der Waals surface area contributed by atoms with Gasteiger partial charge < -0.3 is 14.2 Å². The zero-order valence-corrected chi connectivity index (χ0v) is 21.2. The fourth-order valence-corrected chi connectivity index (χ4v) is 4.25. The predicted octanol–water partition coefficient (Wildman–Crippen LogP) is 6.46. The van der Waals surface area contributed by atoms with E-state index in [1.807, 2.05) is 24.3 Å². The van der Waals surface area contributed by atoms with Crippen LogP contribution in [0.5, 0.6) is 0 Å². The van der Waals surface area contributed by atoms with Crippen LogP contribution in [0.15, 0.2) is 24.3 Å². The van der Waals surface area contributed by atoms with Crippen molar-refractivity contribution in [3.05, 3.63) is 24.3 Å². The van der Waals surface area contributed by atoms with Gasteiger partial charge in [0.1, 0.15) is 6.61 Å². The van der Waals surface area contributed by atoms with E-state index in [0.29, 0.717) is 25.9 Å². The SMILES string of the molecule is CCCCCCCCCCCCCC(=O)OCC1(COCC2C#CC/C=C\C=C2)CCC(=O)O1. The summed E-state index contributed by atoms with van der Waals surface area (Å²) in [5.41, 5.74) is -0.872. The van der Waals surface area contributed by atoms with Crippen LogP contribution in [0.2, 0.25) is 0 Å². The average molecular weight is 473 g/mol. The van der Waals surface area contributed by atoms with E-state index >= 15 is 0 Å². The van der Waals surface area contributed by atoms with Crippen molar-refractivity contribution in [2.75, 3.05) is 19.8 Å². The van der Waals surface area contributed by atoms with Crippen molar-refractivity contribution >= 4 is 11.9 Å². The number of cyclic esters (lactones) is 1. The predicted molar refractivity (Wildman–Crippen MR) is 135 cm³/mol. The molecule has 5 heteroatoms. The van der Waals surface area contributed by atoms with Gasteiger partial charge in [-0.25, -0.2) is 0 Å². The number of unbranched alkanes of at least 4 members (excludes halogenated alkanes) is 10. The van der Waals surface area contributed by atoms with Gasteiger partial charge >= 0.3 is 11.9 Å². The first-order chi connectivity index (χ1) is 16.6. The molecule has 0 N–H and O–H groups in total. The highest BCUT2D eigenvalue weighted by Gasteiger charge is 2.42. The van der Waals surface area contributed by atoms with Crippen molar-refractivity contribution < 1.29 is 23.8 Å². The van der Waals surface area contributed by atoms with Crippen LogP contribution in [0, 0.1) is 17.8 Å². The molecule has 1 saturated heterocycles. The van der Waals surface area contributed by atoms with E-state index < -0.39 is 5.60 Å². The maximum Gasteiger partial charge on any atom is 0.306 e. The highest BCUT2D eigenvalue weighted by molar-refractivity contribution is 5.72. The summed E-state index contributed by atoms with van der Waals surface area (Å²) in [5.74, 6) is 5.78. The zero-order valence-electron chi connectivity index (χ0n) is 21.2. The van der Waals surface area contributed by atoms with E-state index in [1.165, 1.54) is 57.8 Å². The van der Waals surface area contributed by atoms with Crippen molar-refractivity contribution in [3.63, 3.8) is 0 Å². The standard InChI is InChI=1S/C29H44O5/c1-2-3-4-5-6-7-8-9-10-14-17-20-27(30)33-25-29(22-21-28(31)34-29)24-32-23-26-18-15-12-11-13-16-19-26/h11-12,15,18,26H,2-10,13-14,17,20-25H2,1H3/b12-11-,18-15?. The third-order valence-corrected chi connectivity index (χ3v) is 6.36. The van der Waals surface area contributed by atoms with E-state index in [1.54, 1.807) is 0 Å². The Balaban J connectivity index is 1.57. The molecule has 2 unspecified atom stereocenters. The molecular formula is C29H44O5. The number of rotatable bonds is 18. The quantitative estimate of drug-likeness (QED) is 0.130. The molecular weight excluding hydrogens is 428 g/mol. The first-order valence-electron chi connectivity index (χ1n) is 13.4. The lowest BCUT2D eigenvalue weighted by atomic mass is 10.0. The van der Waals surface area contributed by atoms with Gasteiger partial charge in [0.2, 0.25) is 0 Å². The molecule has 0 aromatic heterocycles. The van der Waals surface area contributed by atoms with E-state index in [-0.39, 0.29) is 31.1 Å². The number of carbonyl (C=O) groups is 2. The molecule has 1 aliphatic heterocycles. The molecule has 34 heavy (non-hydrogen) atoms. The number of hydrogen-bond donors (Lipinski definition) is 0. The van der Waals surface area contributed by atoms with Gasteiger partial charge in [-0.3, -0.25) is 9.59 Å². The molecule has 2 rings (SSSR count). The number of esters is 2. The fourth-order valence-electron chi connectivity index (χ4n) is 4.25. The Morgan fingerprint density at radius 3 is 2.41 bits per heavy atom. The first-order valence-corrected chi connectivity index (χ1v) is 13.4. The Labute approximate surface area is 206 Å². The Hall–Kier alpha value is -2.06. The van der Waals surface area contributed by atoms with E-state index in [4.69, 9.17) is 14.2 Å². The summed E-state index contributed by atoms with van der Waals surface area (Å²) in [6.07, 6.45) is 23.6. The Morgan fingerprint density at radius 1 is 1.03 bits per heavy atom. The third kappa shape index (κ3) is 12.4. The molecule has 2 aliphatic rings. The molecule has 2 atom stereocenters. The van der Waals surface area contributed by atoms with Crippen LogP contribution >= 0.6 is 0 Å². The van der Waals surface area contributed by atoms with Gasteiger partial charge in [-0.05, 0) is 6.42 Å². The molecule has 0 saturated carbocycles. The van der Waals surface area contributed by atoms with Crippen molar-refractivity contribution in [2.24, 2.45) is 5.92 Å². The normalized spacial score (nSPS) is 22.4. The van der Waals surface area contributed by atoms with Gasteiger partial charge in [-0.2, -0.15) is 0 Å². The van der Waals surface area contributed by atoms with Gasteiger partial charge in [-0.15, -0.1) is 0 Å². The number of allylic oxidation sites excluding steroid dienone is 3. The van der Waals surface area contributed by atoms with Crippen LogP contribution in [0.3, 0.4) is 0 Å². The van der Waals surface area contributed by atoms with Crippen molar-refractivity contribution in [3.8, 4) is 11.8 Å². The summed E-state index contributed by atoms with van der Waals surface area (Å²) in [7, 11) is 0. The maximum absolute atomic E-state index is 12.2. The third-order valence-electron chi connectivity index (χ3n) is 6.36. The topological polar surface area (TPSA) is 61.8 Å².